The Labute approximate surface area is 260 Å². The fourth-order valence-corrected chi connectivity index (χ4v) is 5.52. The number of aliphatic hydroxyl groups is 4. The number of allylic oxidation sites excluding steroid dienone is 2. The summed E-state index contributed by atoms with van der Waals surface area (Å²) in [5, 5.41) is 43.3. The monoisotopic (exact) mass is 598 g/mol. The summed E-state index contributed by atoms with van der Waals surface area (Å²) >= 11 is 0. The van der Waals surface area contributed by atoms with Gasteiger partial charge in [0.2, 0.25) is 5.91 Å². The number of nitrogens with one attached hydrogen (secondary N) is 1. The van der Waals surface area contributed by atoms with Crippen LogP contribution in [-0.2, 0) is 4.79 Å². The smallest absolute Gasteiger partial charge is 0.249 e. The molecule has 0 rings (SSSR count). The van der Waals surface area contributed by atoms with Crippen molar-refractivity contribution in [1.82, 2.24) is 5.32 Å². The third kappa shape index (κ3) is 25.5. The lowest BCUT2D eigenvalue weighted by atomic mass is 10.00. The van der Waals surface area contributed by atoms with Crippen molar-refractivity contribution in [2.24, 2.45) is 0 Å². The summed E-state index contributed by atoms with van der Waals surface area (Å²) in [4.78, 5) is 12.4. The molecule has 0 aliphatic carbocycles. The van der Waals surface area contributed by atoms with Gasteiger partial charge in [0.1, 0.15) is 12.2 Å². The van der Waals surface area contributed by atoms with Gasteiger partial charge in [-0.3, -0.25) is 4.79 Å². The standard InChI is InChI=1S/C36H71NO5/c1-3-5-7-9-11-13-15-16-17-18-19-20-22-24-26-28-30-34(40)36(42)37-32(31-38)35(41)33(39)29-27-25-23-21-14-12-10-8-6-4-2/h21,23,32-35,38-41H,3-20,22,24-31H2,1-2H3,(H,37,42)/b23-21+. The molecule has 0 heterocycles. The molecule has 4 unspecified atom stereocenters. The van der Waals surface area contributed by atoms with Crippen LogP contribution < -0.4 is 5.32 Å². The lowest BCUT2D eigenvalue weighted by molar-refractivity contribution is -0.132. The maximum absolute atomic E-state index is 12.4. The number of hydrogen-bond acceptors (Lipinski definition) is 5. The van der Waals surface area contributed by atoms with Crippen LogP contribution in [0.3, 0.4) is 0 Å². The largest absolute Gasteiger partial charge is 0.394 e. The molecule has 0 aromatic rings. The van der Waals surface area contributed by atoms with E-state index in [1.165, 1.54) is 116 Å². The first-order valence-electron chi connectivity index (χ1n) is 18.1. The molecule has 0 bridgehead atoms. The molecule has 5 N–H and O–H groups in total. The third-order valence-electron chi connectivity index (χ3n) is 8.48. The molecule has 0 saturated carbocycles. The van der Waals surface area contributed by atoms with Gasteiger partial charge in [-0.25, -0.2) is 0 Å². The molecular formula is C36H71NO5. The van der Waals surface area contributed by atoms with E-state index in [0.29, 0.717) is 12.8 Å². The SMILES string of the molecule is CCCCCCC/C=C/CCCC(O)C(O)C(CO)NC(=O)C(O)CCCCCCCCCCCCCCCCCC. The second-order valence-corrected chi connectivity index (χ2v) is 12.6. The molecule has 250 valence electrons. The van der Waals surface area contributed by atoms with Crippen molar-refractivity contribution in [3.8, 4) is 0 Å². The molecule has 0 fully saturated rings. The highest BCUT2D eigenvalue weighted by atomic mass is 16.3. The molecule has 4 atom stereocenters. The van der Waals surface area contributed by atoms with E-state index in [1.807, 2.05) is 0 Å². The zero-order chi connectivity index (χ0) is 31.1. The second kappa shape index (κ2) is 31.5. The summed E-state index contributed by atoms with van der Waals surface area (Å²) in [5.74, 6) is -0.594. The van der Waals surface area contributed by atoms with E-state index in [1.54, 1.807) is 0 Å². The summed E-state index contributed by atoms with van der Waals surface area (Å²) in [6.07, 6.45) is 30.9. The molecule has 0 aliphatic heterocycles. The Hall–Kier alpha value is -0.950. The van der Waals surface area contributed by atoms with Gasteiger partial charge < -0.3 is 25.7 Å². The number of carbonyl (C=O) groups excluding carboxylic acids is 1. The minimum atomic E-state index is -1.27. The van der Waals surface area contributed by atoms with Crippen molar-refractivity contribution in [2.75, 3.05) is 6.61 Å². The van der Waals surface area contributed by atoms with Crippen LogP contribution in [0, 0.1) is 0 Å². The predicted octanol–water partition coefficient (Wildman–Crippen LogP) is 8.28. The van der Waals surface area contributed by atoms with Crippen molar-refractivity contribution >= 4 is 5.91 Å². The minimum absolute atomic E-state index is 0.367. The Morgan fingerprint density at radius 2 is 0.976 bits per heavy atom. The highest BCUT2D eigenvalue weighted by Gasteiger charge is 2.28. The number of carbonyl (C=O) groups is 1. The summed E-state index contributed by atoms with van der Waals surface area (Å²) in [5.41, 5.74) is 0. The van der Waals surface area contributed by atoms with Crippen molar-refractivity contribution in [3.63, 3.8) is 0 Å². The predicted molar refractivity (Wildman–Crippen MR) is 178 cm³/mol. The van der Waals surface area contributed by atoms with Crippen LogP contribution in [0.25, 0.3) is 0 Å². The summed E-state index contributed by atoms with van der Waals surface area (Å²) in [6.45, 7) is 3.99. The first kappa shape index (κ1) is 41.0. The van der Waals surface area contributed by atoms with Gasteiger partial charge in [0.15, 0.2) is 0 Å². The summed E-state index contributed by atoms with van der Waals surface area (Å²) in [7, 11) is 0. The Kier molecular flexibility index (Phi) is 30.8. The van der Waals surface area contributed by atoms with E-state index in [4.69, 9.17) is 0 Å². The number of unbranched alkanes of at least 4 members (excludes halogenated alkanes) is 21. The Morgan fingerprint density at radius 3 is 1.43 bits per heavy atom. The van der Waals surface area contributed by atoms with Crippen molar-refractivity contribution in [3.05, 3.63) is 12.2 Å². The average Bonchev–Trinajstić information content (AvgIpc) is 2.99. The molecule has 1 amide bonds. The first-order chi connectivity index (χ1) is 20.5. The highest BCUT2D eigenvalue weighted by molar-refractivity contribution is 5.80. The van der Waals surface area contributed by atoms with Gasteiger partial charge >= 0.3 is 0 Å². The maximum Gasteiger partial charge on any atom is 0.249 e. The van der Waals surface area contributed by atoms with Crippen LogP contribution >= 0.6 is 0 Å². The maximum atomic E-state index is 12.4. The van der Waals surface area contributed by atoms with Crippen molar-refractivity contribution < 1.29 is 25.2 Å². The molecule has 0 aromatic carbocycles. The molecule has 6 nitrogen and oxygen atoms in total. The second-order valence-electron chi connectivity index (χ2n) is 12.6. The quantitative estimate of drug-likeness (QED) is 0.0396. The van der Waals surface area contributed by atoms with E-state index in [0.717, 1.165) is 38.5 Å². The number of aliphatic hydroxyl groups excluding tert-OH is 4. The van der Waals surface area contributed by atoms with Crippen molar-refractivity contribution in [1.29, 1.82) is 0 Å². The molecule has 0 radical (unpaired) electrons. The first-order valence-corrected chi connectivity index (χ1v) is 18.1. The van der Waals surface area contributed by atoms with Crippen molar-refractivity contribution in [2.45, 2.75) is 205 Å². The zero-order valence-corrected chi connectivity index (χ0v) is 27.8. The van der Waals surface area contributed by atoms with Gasteiger partial charge in [0.05, 0.1) is 18.8 Å². The van der Waals surface area contributed by atoms with Gasteiger partial charge in [0.25, 0.3) is 0 Å². The van der Waals surface area contributed by atoms with Crippen LogP contribution in [0.1, 0.15) is 181 Å². The fourth-order valence-electron chi connectivity index (χ4n) is 5.52. The van der Waals surface area contributed by atoms with Crippen LogP contribution in [0.15, 0.2) is 12.2 Å². The Bertz CT molecular complexity index is 599. The van der Waals surface area contributed by atoms with Crippen LogP contribution in [-0.4, -0.2) is 57.3 Å². The van der Waals surface area contributed by atoms with Gasteiger partial charge in [-0.05, 0) is 38.5 Å². The lowest BCUT2D eigenvalue weighted by Crippen LogP contribution is -2.53. The van der Waals surface area contributed by atoms with Gasteiger partial charge in [-0.2, -0.15) is 0 Å². The molecule has 6 heteroatoms. The highest BCUT2D eigenvalue weighted by Crippen LogP contribution is 2.15. The molecular weight excluding hydrogens is 526 g/mol. The number of hydrogen-bond donors (Lipinski definition) is 5. The van der Waals surface area contributed by atoms with Gasteiger partial charge in [-0.15, -0.1) is 0 Å². The third-order valence-corrected chi connectivity index (χ3v) is 8.48. The molecule has 0 aliphatic rings. The normalized spacial score (nSPS) is 14.7. The number of amides is 1. The van der Waals surface area contributed by atoms with E-state index >= 15 is 0 Å². The van der Waals surface area contributed by atoms with Crippen LogP contribution in [0.2, 0.25) is 0 Å². The van der Waals surface area contributed by atoms with Gasteiger partial charge in [-0.1, -0.05) is 154 Å². The van der Waals surface area contributed by atoms with E-state index in [-0.39, 0.29) is 0 Å². The fraction of sp³-hybridized carbons (Fsp3) is 0.917. The molecule has 0 aromatic heterocycles. The lowest BCUT2D eigenvalue weighted by Gasteiger charge is -2.27. The molecule has 42 heavy (non-hydrogen) atoms. The van der Waals surface area contributed by atoms with E-state index in [2.05, 4.69) is 31.3 Å². The van der Waals surface area contributed by atoms with E-state index < -0.39 is 36.9 Å². The topological polar surface area (TPSA) is 110 Å². The Morgan fingerprint density at radius 1 is 0.571 bits per heavy atom. The zero-order valence-electron chi connectivity index (χ0n) is 27.8. The summed E-state index contributed by atoms with van der Waals surface area (Å²) in [6, 6.07) is -0.994. The van der Waals surface area contributed by atoms with Gasteiger partial charge in [0, 0.05) is 0 Å². The van der Waals surface area contributed by atoms with Crippen LogP contribution in [0.5, 0.6) is 0 Å². The number of rotatable bonds is 32. The summed E-state index contributed by atoms with van der Waals surface area (Å²) < 4.78 is 0. The minimum Gasteiger partial charge on any atom is -0.394 e. The van der Waals surface area contributed by atoms with Crippen LogP contribution in [0.4, 0.5) is 0 Å². The Balaban J connectivity index is 3.82. The molecule has 0 saturated heterocycles. The molecule has 0 spiro atoms. The van der Waals surface area contributed by atoms with E-state index in [9.17, 15) is 25.2 Å². The average molecular weight is 598 g/mol.